The lowest BCUT2D eigenvalue weighted by molar-refractivity contribution is -0.137. The summed E-state index contributed by atoms with van der Waals surface area (Å²) < 4.78 is 42.7. The number of hydrogen-bond acceptors (Lipinski definition) is 5. The topological polar surface area (TPSA) is 84.2 Å². The van der Waals surface area contributed by atoms with Crippen molar-refractivity contribution in [2.75, 3.05) is 5.32 Å². The highest BCUT2D eigenvalue weighted by Crippen LogP contribution is 2.30. The largest absolute Gasteiger partial charge is 0.472 e. The first-order valence-corrected chi connectivity index (χ1v) is 9.29. The normalized spacial score (nSPS) is 12.4. The lowest BCUT2D eigenvalue weighted by Gasteiger charge is -2.12. The number of amides is 2. The molecule has 1 unspecified atom stereocenters. The van der Waals surface area contributed by atoms with Gasteiger partial charge in [0.2, 0.25) is 5.91 Å². The Kier molecular flexibility index (Phi) is 6.02. The van der Waals surface area contributed by atoms with E-state index < -0.39 is 29.6 Å². The zero-order valence-electron chi connectivity index (χ0n) is 15.1. The summed E-state index contributed by atoms with van der Waals surface area (Å²) in [4.78, 5) is 29.0. The van der Waals surface area contributed by atoms with E-state index in [9.17, 15) is 22.8 Å². The molecule has 0 spiro atoms. The van der Waals surface area contributed by atoms with Crippen LogP contribution in [0.2, 0.25) is 0 Å². The van der Waals surface area contributed by atoms with Crippen LogP contribution in [0, 0.1) is 0 Å². The van der Waals surface area contributed by atoms with E-state index in [0.29, 0.717) is 22.7 Å². The predicted molar refractivity (Wildman–Crippen MR) is 101 cm³/mol. The van der Waals surface area contributed by atoms with Gasteiger partial charge in [-0.15, -0.1) is 11.3 Å². The maximum absolute atomic E-state index is 12.6. The molecule has 0 radical (unpaired) electrons. The van der Waals surface area contributed by atoms with Gasteiger partial charge in [0.05, 0.1) is 17.4 Å². The van der Waals surface area contributed by atoms with Crippen molar-refractivity contribution in [1.29, 1.82) is 0 Å². The number of thiazole rings is 1. The van der Waals surface area contributed by atoms with Crippen LogP contribution in [0.4, 0.5) is 18.3 Å². The van der Waals surface area contributed by atoms with Gasteiger partial charge in [-0.25, -0.2) is 4.98 Å². The Bertz CT molecular complexity index is 982. The van der Waals surface area contributed by atoms with Crippen molar-refractivity contribution in [3.63, 3.8) is 0 Å². The number of benzene rings is 1. The molecule has 0 bridgehead atoms. The van der Waals surface area contributed by atoms with Gasteiger partial charge in [-0.05, 0) is 30.7 Å². The van der Waals surface area contributed by atoms with Gasteiger partial charge in [-0.2, -0.15) is 13.2 Å². The zero-order valence-corrected chi connectivity index (χ0v) is 15.9. The molecule has 0 fully saturated rings. The van der Waals surface area contributed by atoms with Crippen LogP contribution in [0.25, 0.3) is 0 Å². The lowest BCUT2D eigenvalue weighted by Crippen LogP contribution is -2.41. The molecule has 3 aromatic rings. The van der Waals surface area contributed by atoms with E-state index in [4.69, 9.17) is 4.42 Å². The minimum atomic E-state index is -4.37. The van der Waals surface area contributed by atoms with Crippen LogP contribution in [0.1, 0.15) is 33.3 Å². The minimum absolute atomic E-state index is 0.303. The summed E-state index contributed by atoms with van der Waals surface area (Å²) >= 11 is 1.21. The van der Waals surface area contributed by atoms with E-state index in [0.717, 1.165) is 17.0 Å². The van der Waals surface area contributed by atoms with Crippen molar-refractivity contribution in [3.05, 3.63) is 70.6 Å². The van der Waals surface area contributed by atoms with Gasteiger partial charge in [-0.1, -0.05) is 12.1 Å². The molecule has 3 rings (SSSR count). The molecule has 1 aromatic carbocycles. The molecule has 0 aliphatic rings. The first-order chi connectivity index (χ1) is 13.7. The van der Waals surface area contributed by atoms with Crippen LogP contribution in [-0.4, -0.2) is 22.8 Å². The van der Waals surface area contributed by atoms with E-state index in [1.807, 2.05) is 0 Å². The molecule has 0 aliphatic heterocycles. The number of nitrogens with one attached hydrogen (secondary N) is 2. The third kappa shape index (κ3) is 5.44. The monoisotopic (exact) mass is 423 g/mol. The van der Waals surface area contributed by atoms with Crippen molar-refractivity contribution < 1.29 is 27.2 Å². The highest BCUT2D eigenvalue weighted by Gasteiger charge is 2.29. The fourth-order valence-corrected chi connectivity index (χ4v) is 3.26. The van der Waals surface area contributed by atoms with Crippen LogP contribution < -0.4 is 10.6 Å². The number of carbonyl (C=O) groups excluding carboxylic acids is 2. The predicted octanol–water partition coefficient (Wildman–Crippen LogP) is 4.10. The Hall–Kier alpha value is -3.14. The van der Waals surface area contributed by atoms with Crippen LogP contribution in [-0.2, 0) is 17.4 Å². The Labute approximate surface area is 167 Å². The summed E-state index contributed by atoms with van der Waals surface area (Å²) in [5, 5.41) is 5.48. The molecule has 0 saturated carbocycles. The maximum Gasteiger partial charge on any atom is 0.416 e. The fourth-order valence-electron chi connectivity index (χ4n) is 2.41. The maximum atomic E-state index is 12.6. The molecule has 2 heterocycles. The van der Waals surface area contributed by atoms with Crippen molar-refractivity contribution in [3.8, 4) is 0 Å². The molecule has 0 saturated heterocycles. The second-order valence-electron chi connectivity index (χ2n) is 6.20. The third-order valence-electron chi connectivity index (χ3n) is 3.97. The smallest absolute Gasteiger partial charge is 0.416 e. The number of hydrogen-bond donors (Lipinski definition) is 2. The summed E-state index contributed by atoms with van der Waals surface area (Å²) in [5.41, 5.74) is 0.294. The lowest BCUT2D eigenvalue weighted by atomic mass is 10.1. The number of aromatic nitrogens is 1. The molecule has 0 aliphatic carbocycles. The Balaban J connectivity index is 1.55. The molecular weight excluding hydrogens is 407 g/mol. The second kappa shape index (κ2) is 8.48. The summed E-state index contributed by atoms with van der Waals surface area (Å²) in [6, 6.07) is 5.56. The first-order valence-electron chi connectivity index (χ1n) is 8.47. The number of rotatable bonds is 6. The second-order valence-corrected chi connectivity index (χ2v) is 7.31. The molecular formula is C19H16F3N3O3S. The number of furan rings is 1. The number of halogens is 3. The SMILES string of the molecule is CC(NC(=O)c1ccoc1)C(=O)Nc1ncc(Cc2ccc(C(F)(F)F)cc2)s1. The third-order valence-corrected chi connectivity index (χ3v) is 4.88. The molecule has 152 valence electrons. The van der Waals surface area contributed by atoms with E-state index in [-0.39, 0.29) is 0 Å². The Morgan fingerprint density at radius 1 is 1.21 bits per heavy atom. The van der Waals surface area contributed by atoms with E-state index in [1.54, 1.807) is 6.20 Å². The summed E-state index contributed by atoms with van der Waals surface area (Å²) in [5.74, 6) is -0.888. The number of alkyl halides is 3. The zero-order chi connectivity index (χ0) is 21.0. The van der Waals surface area contributed by atoms with Gasteiger partial charge < -0.3 is 15.1 Å². The Morgan fingerprint density at radius 2 is 1.93 bits per heavy atom. The van der Waals surface area contributed by atoms with Crippen molar-refractivity contribution in [2.45, 2.75) is 25.6 Å². The molecule has 6 nitrogen and oxygen atoms in total. The number of nitrogens with zero attached hydrogens (tertiary/aromatic N) is 1. The fraction of sp³-hybridized carbons (Fsp3) is 0.211. The van der Waals surface area contributed by atoms with Gasteiger partial charge in [0.25, 0.3) is 5.91 Å². The average Bonchev–Trinajstić information content (AvgIpc) is 3.33. The van der Waals surface area contributed by atoms with Gasteiger partial charge in [-0.3, -0.25) is 9.59 Å². The van der Waals surface area contributed by atoms with E-state index in [1.165, 1.54) is 49.0 Å². The van der Waals surface area contributed by atoms with Gasteiger partial charge in [0, 0.05) is 17.5 Å². The van der Waals surface area contributed by atoms with Gasteiger partial charge in [0.1, 0.15) is 12.3 Å². The highest BCUT2D eigenvalue weighted by molar-refractivity contribution is 7.15. The molecule has 2 amide bonds. The highest BCUT2D eigenvalue weighted by atomic mass is 32.1. The molecule has 10 heteroatoms. The van der Waals surface area contributed by atoms with E-state index >= 15 is 0 Å². The van der Waals surface area contributed by atoms with Crippen LogP contribution in [0.5, 0.6) is 0 Å². The van der Waals surface area contributed by atoms with Crippen molar-refractivity contribution >= 4 is 28.3 Å². The Morgan fingerprint density at radius 3 is 2.55 bits per heavy atom. The number of carbonyl (C=O) groups is 2. The quantitative estimate of drug-likeness (QED) is 0.625. The summed E-state index contributed by atoms with van der Waals surface area (Å²) in [7, 11) is 0. The molecule has 2 N–H and O–H groups in total. The molecule has 29 heavy (non-hydrogen) atoms. The average molecular weight is 423 g/mol. The van der Waals surface area contributed by atoms with Crippen LogP contribution in [0.15, 0.2) is 53.5 Å². The van der Waals surface area contributed by atoms with E-state index in [2.05, 4.69) is 15.6 Å². The van der Waals surface area contributed by atoms with Crippen molar-refractivity contribution in [1.82, 2.24) is 10.3 Å². The van der Waals surface area contributed by atoms with Gasteiger partial charge in [0.15, 0.2) is 5.13 Å². The van der Waals surface area contributed by atoms with Crippen LogP contribution in [0.3, 0.4) is 0 Å². The summed E-state index contributed by atoms with van der Waals surface area (Å²) in [6.07, 6.45) is 0.192. The summed E-state index contributed by atoms with van der Waals surface area (Å²) in [6.45, 7) is 1.53. The standard InChI is InChI=1S/C19H16F3N3O3S/c1-11(24-17(27)13-6-7-28-10-13)16(26)25-18-23-9-15(29-18)8-12-2-4-14(5-3-12)19(20,21)22/h2-7,9-11H,8H2,1H3,(H,24,27)(H,23,25,26). The van der Waals surface area contributed by atoms with Crippen molar-refractivity contribution in [2.24, 2.45) is 0 Å². The first kappa shape index (κ1) is 20.6. The van der Waals surface area contributed by atoms with Gasteiger partial charge >= 0.3 is 6.18 Å². The van der Waals surface area contributed by atoms with Crippen LogP contribution >= 0.6 is 11.3 Å². The minimum Gasteiger partial charge on any atom is -0.472 e. The molecule has 1 atom stereocenters. The number of anilines is 1. The molecule has 2 aromatic heterocycles.